The van der Waals surface area contributed by atoms with Crippen LogP contribution < -0.4 is 0 Å². The quantitative estimate of drug-likeness (QED) is 0.583. The smallest absolute Gasteiger partial charge is 0.000157 e. The normalized spacial score (nSPS) is 14.3. The first kappa shape index (κ1) is 7.93. The Hall–Kier alpha value is 0.930. The Balaban J connectivity index is 3.36. The molecule has 0 saturated carbocycles. The van der Waals surface area contributed by atoms with Gasteiger partial charge in [0.05, 0.1) is 0 Å². The van der Waals surface area contributed by atoms with Gasteiger partial charge in [0, 0.05) is 11.5 Å². The summed E-state index contributed by atoms with van der Waals surface area (Å²) in [6.45, 7) is 4.03. The predicted molar refractivity (Wildman–Crippen MR) is 40.4 cm³/mol. The van der Waals surface area contributed by atoms with Gasteiger partial charge in [-0.3, -0.25) is 0 Å². The van der Waals surface area contributed by atoms with Crippen LogP contribution in [0.4, 0.5) is 0 Å². The van der Waals surface area contributed by atoms with Crippen molar-refractivity contribution in [2.45, 2.75) is 13.8 Å². The lowest BCUT2D eigenvalue weighted by Crippen LogP contribution is -1.86. The van der Waals surface area contributed by atoms with Crippen LogP contribution in [0.5, 0.6) is 0 Å². The summed E-state index contributed by atoms with van der Waals surface area (Å²) in [6, 6.07) is 0. The molecule has 0 saturated heterocycles. The lowest BCUT2D eigenvalue weighted by Gasteiger charge is -2.18. The van der Waals surface area contributed by atoms with Crippen molar-refractivity contribution in [1.82, 2.24) is 0 Å². The van der Waals surface area contributed by atoms with E-state index in [0.717, 1.165) is 11.5 Å². The molecule has 46 valence electrons. The van der Waals surface area contributed by atoms with Crippen molar-refractivity contribution >= 4 is 29.8 Å². The molecule has 7 heavy (non-hydrogen) atoms. The maximum absolute atomic E-state index is 5.75. The van der Waals surface area contributed by atoms with Crippen molar-refractivity contribution < 1.29 is 0 Å². The third kappa shape index (κ3) is 3.51. The zero-order chi connectivity index (χ0) is 5.91. The minimum atomic E-state index is -1.21. The van der Waals surface area contributed by atoms with E-state index in [2.05, 4.69) is 0 Å². The van der Waals surface area contributed by atoms with Crippen molar-refractivity contribution in [3.63, 3.8) is 0 Å². The molecular formula is C4H10Cl2S. The summed E-state index contributed by atoms with van der Waals surface area (Å²) in [5.41, 5.74) is 0. The third-order valence-electron chi connectivity index (χ3n) is 0.845. The van der Waals surface area contributed by atoms with Crippen molar-refractivity contribution in [2.75, 3.05) is 11.5 Å². The van der Waals surface area contributed by atoms with Crippen LogP contribution in [0.15, 0.2) is 0 Å². The Morgan fingerprint density at radius 2 is 1.43 bits per heavy atom. The summed E-state index contributed by atoms with van der Waals surface area (Å²) in [7, 11) is 10.3. The Labute approximate surface area is 55.5 Å². The van der Waals surface area contributed by atoms with Crippen molar-refractivity contribution in [2.24, 2.45) is 0 Å². The molecule has 0 fully saturated rings. The SMILES string of the molecule is CCS(Cl)(Cl)CC. The van der Waals surface area contributed by atoms with Crippen LogP contribution in [-0.2, 0) is 0 Å². The number of halogens is 2. The third-order valence-corrected chi connectivity index (χ3v) is 5.15. The summed E-state index contributed by atoms with van der Waals surface area (Å²) < 4.78 is 0. The molecule has 0 rings (SSSR count). The highest BCUT2D eigenvalue weighted by molar-refractivity contribution is 8.65. The van der Waals surface area contributed by atoms with Crippen LogP contribution >= 0.6 is 29.8 Å². The van der Waals surface area contributed by atoms with Crippen LogP contribution in [-0.4, -0.2) is 11.5 Å². The lowest BCUT2D eigenvalue weighted by molar-refractivity contribution is 1.45. The molecule has 3 heteroatoms. The first-order chi connectivity index (χ1) is 3.12. The summed E-state index contributed by atoms with van der Waals surface area (Å²) >= 11 is 0. The second-order valence-corrected chi connectivity index (χ2v) is 7.85. The molecule has 0 heterocycles. The Morgan fingerprint density at radius 3 is 1.43 bits per heavy atom. The van der Waals surface area contributed by atoms with Gasteiger partial charge >= 0.3 is 0 Å². The zero-order valence-corrected chi connectivity index (χ0v) is 6.91. The van der Waals surface area contributed by atoms with Gasteiger partial charge in [-0.1, -0.05) is 43.7 Å². The van der Waals surface area contributed by atoms with Crippen molar-refractivity contribution in [1.29, 1.82) is 0 Å². The number of hydrogen-bond acceptors (Lipinski definition) is 0. The molecule has 0 atom stereocenters. The summed E-state index contributed by atoms with van der Waals surface area (Å²) in [5, 5.41) is 0. The number of hydrogen-bond donors (Lipinski definition) is 0. The minimum Gasteiger partial charge on any atom is -0.0849 e. The highest BCUT2D eigenvalue weighted by Crippen LogP contribution is 2.57. The topological polar surface area (TPSA) is 0 Å². The molecule has 0 aromatic carbocycles. The molecule has 0 unspecified atom stereocenters. The van der Waals surface area contributed by atoms with E-state index in [0.29, 0.717) is 0 Å². The fourth-order valence-electron chi connectivity index (χ4n) is 0.204. The first-order valence-electron chi connectivity index (χ1n) is 2.30. The fraction of sp³-hybridized carbons (Fsp3) is 1.00. The van der Waals surface area contributed by atoms with Crippen LogP contribution in [0.25, 0.3) is 0 Å². The van der Waals surface area contributed by atoms with Crippen LogP contribution in [0.2, 0.25) is 0 Å². The van der Waals surface area contributed by atoms with Crippen molar-refractivity contribution in [3.8, 4) is 0 Å². The molecule has 0 amide bonds. The van der Waals surface area contributed by atoms with Gasteiger partial charge in [0.25, 0.3) is 0 Å². The number of rotatable bonds is 2. The molecule has 0 aliphatic rings. The largest absolute Gasteiger partial charge is 0.0849 e. The van der Waals surface area contributed by atoms with Gasteiger partial charge < -0.3 is 0 Å². The van der Waals surface area contributed by atoms with Crippen LogP contribution in [0.3, 0.4) is 0 Å². The summed E-state index contributed by atoms with van der Waals surface area (Å²) in [5.74, 6) is 1.82. The highest BCUT2D eigenvalue weighted by Gasteiger charge is 2.09. The van der Waals surface area contributed by atoms with E-state index >= 15 is 0 Å². The molecule has 0 spiro atoms. The zero-order valence-electron chi connectivity index (χ0n) is 4.58. The summed E-state index contributed by atoms with van der Waals surface area (Å²) in [6.07, 6.45) is 0. The maximum Gasteiger partial charge on any atom is 0.000157 e. The van der Waals surface area contributed by atoms with E-state index in [9.17, 15) is 0 Å². The van der Waals surface area contributed by atoms with Crippen molar-refractivity contribution in [3.05, 3.63) is 0 Å². The van der Waals surface area contributed by atoms with E-state index in [1.54, 1.807) is 0 Å². The highest BCUT2D eigenvalue weighted by atomic mass is 36.0. The fourth-order valence-corrected chi connectivity index (χ4v) is 0.612. The van der Waals surface area contributed by atoms with Gasteiger partial charge in [0.1, 0.15) is 0 Å². The van der Waals surface area contributed by atoms with E-state index in [1.165, 1.54) is 0 Å². The first-order valence-corrected chi connectivity index (χ1v) is 5.92. The molecule has 0 aromatic rings. The standard InChI is InChI=1S/C4H10Cl2S/c1-3-7(5,6)4-2/h3-4H2,1-2H3. The van der Waals surface area contributed by atoms with Gasteiger partial charge in [-0.15, -0.1) is 0 Å². The van der Waals surface area contributed by atoms with Gasteiger partial charge in [0.15, 0.2) is 0 Å². The Morgan fingerprint density at radius 1 is 1.14 bits per heavy atom. The minimum absolute atomic E-state index is 0.909. The Kier molecular flexibility index (Phi) is 3.46. The molecular weight excluding hydrogens is 151 g/mol. The lowest BCUT2D eigenvalue weighted by atomic mass is 11.0. The van der Waals surface area contributed by atoms with E-state index in [1.807, 2.05) is 13.8 Å². The average Bonchev–Trinajstić information content (AvgIpc) is 1.68. The molecule has 0 N–H and O–H groups in total. The van der Waals surface area contributed by atoms with E-state index < -0.39 is 8.46 Å². The molecule has 0 bridgehead atoms. The second-order valence-electron chi connectivity index (χ2n) is 1.28. The van der Waals surface area contributed by atoms with Gasteiger partial charge in [-0.2, -0.15) is 0 Å². The Bertz CT molecular complexity index is 47.7. The van der Waals surface area contributed by atoms with Crippen LogP contribution in [0, 0.1) is 0 Å². The predicted octanol–water partition coefficient (Wildman–Crippen LogP) is 3.14. The maximum atomic E-state index is 5.75. The van der Waals surface area contributed by atoms with E-state index in [4.69, 9.17) is 21.4 Å². The van der Waals surface area contributed by atoms with Gasteiger partial charge in [0.2, 0.25) is 0 Å². The molecule has 0 radical (unpaired) electrons. The molecule has 0 aliphatic heterocycles. The molecule has 0 aliphatic carbocycles. The second kappa shape index (κ2) is 3.06. The van der Waals surface area contributed by atoms with Gasteiger partial charge in [-0.25, -0.2) is 0 Å². The monoisotopic (exact) mass is 160 g/mol. The van der Waals surface area contributed by atoms with Gasteiger partial charge in [-0.05, 0) is 0 Å². The molecule has 0 nitrogen and oxygen atoms in total. The van der Waals surface area contributed by atoms with E-state index in [-0.39, 0.29) is 0 Å². The van der Waals surface area contributed by atoms with Crippen LogP contribution in [0.1, 0.15) is 13.8 Å². The summed E-state index contributed by atoms with van der Waals surface area (Å²) in [4.78, 5) is 0. The average molecular weight is 161 g/mol. The molecule has 0 aromatic heterocycles.